The second-order valence-corrected chi connectivity index (χ2v) is 7.55. The molecule has 0 bridgehead atoms. The predicted molar refractivity (Wildman–Crippen MR) is 100 cm³/mol. The van der Waals surface area contributed by atoms with Crippen molar-refractivity contribution in [1.82, 2.24) is 0 Å². The Balaban J connectivity index is 2.21. The highest BCUT2D eigenvalue weighted by Gasteiger charge is 2.24. The van der Waals surface area contributed by atoms with Crippen LogP contribution in [0.5, 0.6) is 0 Å². The summed E-state index contributed by atoms with van der Waals surface area (Å²) in [6.45, 7) is 1.91. The van der Waals surface area contributed by atoms with Crippen LogP contribution in [0.3, 0.4) is 0 Å². The Morgan fingerprint density at radius 1 is 0.750 bits per heavy atom. The minimum absolute atomic E-state index is 0.164. The number of hydrogen-bond acceptors (Lipinski definition) is 1. The van der Waals surface area contributed by atoms with E-state index in [4.69, 9.17) is 0 Å². The fourth-order valence-electron chi connectivity index (χ4n) is 3.56. The molecule has 0 heterocycles. The molecule has 0 aliphatic rings. The summed E-state index contributed by atoms with van der Waals surface area (Å²) in [6, 6.07) is 19.9. The van der Waals surface area contributed by atoms with Gasteiger partial charge in [0.15, 0.2) is 0 Å². The molecule has 0 atom stereocenters. The third kappa shape index (κ3) is 2.25. The maximum absolute atomic E-state index is 12.1. The lowest BCUT2D eigenvalue weighted by Crippen LogP contribution is -2.12. The Kier molecular flexibility index (Phi) is 3.47. The highest BCUT2D eigenvalue weighted by molar-refractivity contribution is 7.61. The lowest BCUT2D eigenvalue weighted by Gasteiger charge is -2.15. The molecule has 4 aromatic rings. The second kappa shape index (κ2) is 5.42. The normalized spacial score (nSPS) is 12.3. The molecule has 4 heteroatoms. The molecule has 0 aliphatic heterocycles. The van der Waals surface area contributed by atoms with Gasteiger partial charge in [-0.2, -0.15) is 0 Å². The van der Waals surface area contributed by atoms with E-state index in [2.05, 4.69) is 18.2 Å². The summed E-state index contributed by atoms with van der Waals surface area (Å²) in [5.74, 6) is 0. The van der Waals surface area contributed by atoms with E-state index in [-0.39, 0.29) is 5.30 Å². The van der Waals surface area contributed by atoms with E-state index in [0.717, 1.165) is 26.9 Å². The van der Waals surface area contributed by atoms with Gasteiger partial charge in [0.2, 0.25) is 0 Å². The Bertz CT molecular complexity index is 1140. The van der Waals surface area contributed by atoms with E-state index in [1.165, 1.54) is 0 Å². The van der Waals surface area contributed by atoms with Crippen LogP contribution in [0.2, 0.25) is 0 Å². The van der Waals surface area contributed by atoms with Crippen molar-refractivity contribution in [3.63, 3.8) is 0 Å². The maximum Gasteiger partial charge on any atom is 0.357 e. The largest absolute Gasteiger partial charge is 0.357 e. The molecular weight excluding hydrogens is 319 g/mol. The molecule has 0 spiro atoms. The smallest absolute Gasteiger partial charge is 0.321 e. The molecule has 120 valence electrons. The van der Waals surface area contributed by atoms with Crippen LogP contribution in [0.1, 0.15) is 12.5 Å². The zero-order chi connectivity index (χ0) is 16.9. The van der Waals surface area contributed by atoms with Crippen molar-refractivity contribution in [3.8, 4) is 0 Å². The average molecular weight is 336 g/mol. The minimum Gasteiger partial charge on any atom is -0.321 e. The third-order valence-corrected chi connectivity index (χ3v) is 5.76. The third-order valence-electron chi connectivity index (χ3n) is 4.65. The highest BCUT2D eigenvalue weighted by atomic mass is 31.2. The van der Waals surface area contributed by atoms with E-state index in [9.17, 15) is 14.4 Å². The van der Waals surface area contributed by atoms with Crippen LogP contribution in [-0.2, 0) is 11.0 Å². The van der Waals surface area contributed by atoms with Crippen LogP contribution >= 0.6 is 7.60 Å². The lowest BCUT2D eigenvalue weighted by molar-refractivity contribution is 0.387. The monoisotopic (exact) mass is 336 g/mol. The van der Waals surface area contributed by atoms with E-state index in [1.807, 2.05) is 49.4 Å². The molecule has 0 saturated carbocycles. The summed E-state index contributed by atoms with van der Waals surface area (Å²) in [4.78, 5) is 19.7. The molecular formula is C20H17O3P. The molecule has 0 aliphatic carbocycles. The standard InChI is InChI=1S/C20H17O3P/c1-2-13-7-9-18-17-10-8-14-5-3-4-6-15(14)16(17)11-12-19(18)20(13)24(21,22)23/h3-12H,2H2,1H3,(H2,21,22,23). The van der Waals surface area contributed by atoms with Gasteiger partial charge in [-0.1, -0.05) is 67.6 Å². The van der Waals surface area contributed by atoms with E-state index in [0.29, 0.717) is 17.4 Å². The number of aryl methyl sites for hydroxylation is 1. The fraction of sp³-hybridized carbons (Fsp3) is 0.100. The van der Waals surface area contributed by atoms with Gasteiger partial charge in [-0.25, -0.2) is 0 Å². The molecule has 24 heavy (non-hydrogen) atoms. The van der Waals surface area contributed by atoms with Crippen molar-refractivity contribution >= 4 is 45.2 Å². The molecule has 0 radical (unpaired) electrons. The van der Waals surface area contributed by atoms with Gasteiger partial charge < -0.3 is 9.79 Å². The molecule has 0 aromatic heterocycles. The van der Waals surface area contributed by atoms with Gasteiger partial charge >= 0.3 is 7.60 Å². The van der Waals surface area contributed by atoms with Gasteiger partial charge in [-0.05, 0) is 44.3 Å². The van der Waals surface area contributed by atoms with Crippen molar-refractivity contribution in [2.24, 2.45) is 0 Å². The SMILES string of the molecule is CCc1ccc2c(ccc3c4ccccc4ccc23)c1P(=O)(O)O. The molecule has 4 rings (SSSR count). The number of rotatable bonds is 2. The van der Waals surface area contributed by atoms with Gasteiger partial charge in [0.25, 0.3) is 0 Å². The molecule has 0 saturated heterocycles. The first-order chi connectivity index (χ1) is 11.5. The van der Waals surface area contributed by atoms with Crippen LogP contribution in [0.15, 0.2) is 60.7 Å². The van der Waals surface area contributed by atoms with E-state index < -0.39 is 7.60 Å². The zero-order valence-electron chi connectivity index (χ0n) is 13.2. The summed E-state index contributed by atoms with van der Waals surface area (Å²) < 4.78 is 12.1. The van der Waals surface area contributed by atoms with Gasteiger partial charge in [0.05, 0.1) is 5.30 Å². The van der Waals surface area contributed by atoms with E-state index >= 15 is 0 Å². The molecule has 4 aromatic carbocycles. The Morgan fingerprint density at radius 3 is 2.08 bits per heavy atom. The van der Waals surface area contributed by atoms with Crippen molar-refractivity contribution in [2.75, 3.05) is 0 Å². The topological polar surface area (TPSA) is 57.5 Å². The fourth-order valence-corrected chi connectivity index (χ4v) is 4.68. The summed E-state index contributed by atoms with van der Waals surface area (Å²) in [5, 5.41) is 6.11. The van der Waals surface area contributed by atoms with Gasteiger partial charge in [0, 0.05) is 0 Å². The first kappa shape index (κ1) is 15.3. The van der Waals surface area contributed by atoms with E-state index in [1.54, 1.807) is 0 Å². The molecule has 0 fully saturated rings. The predicted octanol–water partition coefficient (Wildman–Crippen LogP) is 4.51. The summed E-state index contributed by atoms with van der Waals surface area (Å²) in [5.41, 5.74) is 0.705. The van der Waals surface area contributed by atoms with Crippen molar-refractivity contribution in [1.29, 1.82) is 0 Å². The first-order valence-electron chi connectivity index (χ1n) is 7.93. The van der Waals surface area contributed by atoms with Crippen molar-refractivity contribution in [3.05, 3.63) is 66.2 Å². The highest BCUT2D eigenvalue weighted by Crippen LogP contribution is 2.40. The summed E-state index contributed by atoms with van der Waals surface area (Å²) >= 11 is 0. The Hall–Kier alpha value is -2.19. The van der Waals surface area contributed by atoms with Gasteiger partial charge in [0.1, 0.15) is 0 Å². The second-order valence-electron chi connectivity index (χ2n) is 6.01. The van der Waals surface area contributed by atoms with Crippen LogP contribution < -0.4 is 5.30 Å². The van der Waals surface area contributed by atoms with Crippen LogP contribution in [-0.4, -0.2) is 9.79 Å². The van der Waals surface area contributed by atoms with Gasteiger partial charge in [-0.15, -0.1) is 0 Å². The quantitative estimate of drug-likeness (QED) is 0.418. The van der Waals surface area contributed by atoms with Crippen LogP contribution in [0, 0.1) is 0 Å². The van der Waals surface area contributed by atoms with Crippen molar-refractivity contribution in [2.45, 2.75) is 13.3 Å². The van der Waals surface area contributed by atoms with Crippen LogP contribution in [0.25, 0.3) is 32.3 Å². The van der Waals surface area contributed by atoms with Gasteiger partial charge in [-0.3, -0.25) is 4.57 Å². The summed E-state index contributed by atoms with van der Waals surface area (Å²) in [7, 11) is -4.34. The minimum atomic E-state index is -4.34. The zero-order valence-corrected chi connectivity index (χ0v) is 14.1. The lowest BCUT2D eigenvalue weighted by atomic mass is 9.96. The summed E-state index contributed by atoms with van der Waals surface area (Å²) in [6.07, 6.45) is 0.589. The maximum atomic E-state index is 12.1. The number of benzene rings is 4. The number of hydrogen-bond donors (Lipinski definition) is 2. The number of fused-ring (bicyclic) bond motifs is 5. The van der Waals surface area contributed by atoms with Crippen LogP contribution in [0.4, 0.5) is 0 Å². The Morgan fingerprint density at radius 2 is 1.33 bits per heavy atom. The average Bonchev–Trinajstić information content (AvgIpc) is 2.59. The molecule has 0 amide bonds. The molecule has 2 N–H and O–H groups in total. The molecule has 0 unspecified atom stereocenters. The Labute approximate surface area is 139 Å². The molecule has 3 nitrogen and oxygen atoms in total. The first-order valence-corrected chi connectivity index (χ1v) is 9.54. The van der Waals surface area contributed by atoms with Crippen molar-refractivity contribution < 1.29 is 14.4 Å².